The zero-order valence-corrected chi connectivity index (χ0v) is 10.8. The van der Waals surface area contributed by atoms with E-state index >= 15 is 0 Å². The maximum atomic E-state index is 5.88. The fraction of sp³-hybridized carbons (Fsp3) is 0.385. The van der Waals surface area contributed by atoms with Crippen molar-refractivity contribution in [2.75, 3.05) is 0 Å². The SMILES string of the molecule is NCc1nnn(Cc2ccc(Cl)cc2)c1C1CC1. The molecule has 1 aliphatic carbocycles. The van der Waals surface area contributed by atoms with Crippen molar-refractivity contribution in [2.24, 2.45) is 5.73 Å². The molecule has 0 radical (unpaired) electrons. The van der Waals surface area contributed by atoms with E-state index in [0.29, 0.717) is 12.5 Å². The molecule has 0 bridgehead atoms. The highest BCUT2D eigenvalue weighted by molar-refractivity contribution is 6.30. The average Bonchev–Trinajstić information content (AvgIpc) is 3.14. The lowest BCUT2D eigenvalue weighted by atomic mass is 10.2. The van der Waals surface area contributed by atoms with Crippen LogP contribution in [0.3, 0.4) is 0 Å². The predicted octanol–water partition coefficient (Wildman–Crippen LogP) is 2.32. The van der Waals surface area contributed by atoms with E-state index < -0.39 is 0 Å². The third-order valence-electron chi connectivity index (χ3n) is 3.25. The first kappa shape index (κ1) is 11.7. The van der Waals surface area contributed by atoms with Crippen LogP contribution >= 0.6 is 11.6 Å². The second kappa shape index (κ2) is 4.71. The Morgan fingerprint density at radius 2 is 2.00 bits per heavy atom. The van der Waals surface area contributed by atoms with Gasteiger partial charge < -0.3 is 5.73 Å². The van der Waals surface area contributed by atoms with Crippen LogP contribution in [0, 0.1) is 0 Å². The van der Waals surface area contributed by atoms with Crippen molar-refractivity contribution < 1.29 is 0 Å². The van der Waals surface area contributed by atoms with E-state index in [0.717, 1.165) is 17.3 Å². The molecule has 0 aliphatic heterocycles. The van der Waals surface area contributed by atoms with Gasteiger partial charge in [-0.1, -0.05) is 28.9 Å². The summed E-state index contributed by atoms with van der Waals surface area (Å²) < 4.78 is 1.98. The summed E-state index contributed by atoms with van der Waals surface area (Å²) in [7, 11) is 0. The number of nitrogens with two attached hydrogens (primary N) is 1. The summed E-state index contributed by atoms with van der Waals surface area (Å²) >= 11 is 5.88. The van der Waals surface area contributed by atoms with Gasteiger partial charge in [0.15, 0.2) is 0 Å². The van der Waals surface area contributed by atoms with Gasteiger partial charge in [0.25, 0.3) is 0 Å². The van der Waals surface area contributed by atoms with Crippen molar-refractivity contribution in [3.63, 3.8) is 0 Å². The van der Waals surface area contributed by atoms with Crippen molar-refractivity contribution in [1.29, 1.82) is 0 Å². The molecule has 1 aromatic heterocycles. The molecule has 4 nitrogen and oxygen atoms in total. The lowest BCUT2D eigenvalue weighted by Crippen LogP contribution is -2.08. The Morgan fingerprint density at radius 3 is 2.61 bits per heavy atom. The molecule has 0 amide bonds. The largest absolute Gasteiger partial charge is 0.325 e. The first-order valence-electron chi connectivity index (χ1n) is 6.14. The number of aromatic nitrogens is 3. The van der Waals surface area contributed by atoms with E-state index in [4.69, 9.17) is 17.3 Å². The van der Waals surface area contributed by atoms with Gasteiger partial charge in [-0.15, -0.1) is 5.10 Å². The highest BCUT2D eigenvalue weighted by atomic mass is 35.5. The average molecular weight is 263 g/mol. The molecule has 0 unspecified atom stereocenters. The molecule has 1 fully saturated rings. The highest BCUT2D eigenvalue weighted by Gasteiger charge is 2.30. The van der Waals surface area contributed by atoms with E-state index in [1.54, 1.807) is 0 Å². The summed E-state index contributed by atoms with van der Waals surface area (Å²) in [4.78, 5) is 0. The Kier molecular flexibility index (Phi) is 3.06. The van der Waals surface area contributed by atoms with Crippen LogP contribution in [0.5, 0.6) is 0 Å². The van der Waals surface area contributed by atoms with Crippen molar-refractivity contribution in [3.8, 4) is 0 Å². The van der Waals surface area contributed by atoms with Crippen LogP contribution in [0.25, 0.3) is 0 Å². The number of nitrogens with zero attached hydrogens (tertiary/aromatic N) is 3. The molecule has 2 aromatic rings. The molecule has 3 rings (SSSR count). The van der Waals surface area contributed by atoms with Gasteiger partial charge in [0.2, 0.25) is 0 Å². The van der Waals surface area contributed by atoms with Crippen LogP contribution < -0.4 is 5.73 Å². The fourth-order valence-electron chi connectivity index (χ4n) is 2.18. The first-order valence-corrected chi connectivity index (χ1v) is 6.52. The summed E-state index contributed by atoms with van der Waals surface area (Å²) in [5.74, 6) is 0.603. The lowest BCUT2D eigenvalue weighted by molar-refractivity contribution is 0.619. The Morgan fingerprint density at radius 1 is 1.28 bits per heavy atom. The van der Waals surface area contributed by atoms with E-state index in [1.807, 2.05) is 28.9 Å². The quantitative estimate of drug-likeness (QED) is 0.920. The smallest absolute Gasteiger partial charge is 0.0997 e. The molecule has 1 aliphatic rings. The lowest BCUT2D eigenvalue weighted by Gasteiger charge is -2.06. The number of benzene rings is 1. The minimum Gasteiger partial charge on any atom is -0.325 e. The van der Waals surface area contributed by atoms with Crippen molar-refractivity contribution >= 4 is 11.6 Å². The van der Waals surface area contributed by atoms with Gasteiger partial charge in [0.05, 0.1) is 17.9 Å². The standard InChI is InChI=1S/C13H15ClN4/c14-11-5-1-9(2-6-11)8-18-13(10-3-4-10)12(7-15)16-17-18/h1-2,5-6,10H,3-4,7-8,15H2. The molecule has 1 saturated carbocycles. The van der Waals surface area contributed by atoms with Gasteiger partial charge >= 0.3 is 0 Å². The molecule has 1 aromatic carbocycles. The minimum absolute atomic E-state index is 0.465. The summed E-state index contributed by atoms with van der Waals surface area (Å²) in [6.07, 6.45) is 2.45. The minimum atomic E-state index is 0.465. The Labute approximate surface area is 111 Å². The second-order valence-electron chi connectivity index (χ2n) is 4.68. The van der Waals surface area contributed by atoms with E-state index in [9.17, 15) is 0 Å². The molecule has 5 heteroatoms. The number of halogens is 1. The predicted molar refractivity (Wildman–Crippen MR) is 70.4 cm³/mol. The molecule has 0 spiro atoms. The number of hydrogen-bond acceptors (Lipinski definition) is 3. The molecule has 0 atom stereocenters. The Balaban J connectivity index is 1.88. The molecule has 1 heterocycles. The molecular weight excluding hydrogens is 248 g/mol. The monoisotopic (exact) mass is 262 g/mol. The Bertz CT molecular complexity index is 543. The summed E-state index contributed by atoms with van der Waals surface area (Å²) in [5.41, 5.74) is 9.04. The highest BCUT2D eigenvalue weighted by Crippen LogP contribution is 2.41. The van der Waals surface area contributed by atoms with Crippen LogP contribution in [0.4, 0.5) is 0 Å². The molecule has 18 heavy (non-hydrogen) atoms. The molecule has 94 valence electrons. The van der Waals surface area contributed by atoms with Crippen LogP contribution in [0.15, 0.2) is 24.3 Å². The zero-order valence-electron chi connectivity index (χ0n) is 10.0. The van der Waals surface area contributed by atoms with E-state index in [1.165, 1.54) is 24.1 Å². The van der Waals surface area contributed by atoms with Crippen molar-refractivity contribution in [3.05, 3.63) is 46.2 Å². The zero-order chi connectivity index (χ0) is 12.5. The van der Waals surface area contributed by atoms with E-state index in [2.05, 4.69) is 10.3 Å². The van der Waals surface area contributed by atoms with Crippen LogP contribution in [0.2, 0.25) is 5.02 Å². The van der Waals surface area contributed by atoms with Gasteiger partial charge in [0.1, 0.15) is 0 Å². The fourth-order valence-corrected chi connectivity index (χ4v) is 2.31. The van der Waals surface area contributed by atoms with Crippen LogP contribution in [-0.2, 0) is 13.1 Å². The van der Waals surface area contributed by atoms with Gasteiger partial charge in [0, 0.05) is 17.5 Å². The third kappa shape index (κ3) is 2.26. The van der Waals surface area contributed by atoms with Crippen molar-refractivity contribution in [2.45, 2.75) is 31.8 Å². The van der Waals surface area contributed by atoms with Gasteiger partial charge in [-0.2, -0.15) is 0 Å². The van der Waals surface area contributed by atoms with Gasteiger partial charge in [-0.3, -0.25) is 0 Å². The number of hydrogen-bond donors (Lipinski definition) is 1. The normalized spacial score (nSPS) is 15.0. The van der Waals surface area contributed by atoms with Crippen LogP contribution in [0.1, 0.15) is 35.7 Å². The van der Waals surface area contributed by atoms with Gasteiger partial charge in [-0.05, 0) is 30.5 Å². The molecular formula is C13H15ClN4. The number of rotatable bonds is 4. The summed E-state index contributed by atoms with van der Waals surface area (Å²) in [6, 6.07) is 7.83. The maximum absolute atomic E-state index is 5.88. The van der Waals surface area contributed by atoms with Gasteiger partial charge in [-0.25, -0.2) is 4.68 Å². The van der Waals surface area contributed by atoms with Crippen molar-refractivity contribution in [1.82, 2.24) is 15.0 Å². The second-order valence-corrected chi connectivity index (χ2v) is 5.12. The summed E-state index contributed by atoms with van der Waals surface area (Å²) in [5, 5.41) is 9.14. The Hall–Kier alpha value is -1.39. The first-order chi connectivity index (χ1) is 8.78. The van der Waals surface area contributed by atoms with Crippen LogP contribution in [-0.4, -0.2) is 15.0 Å². The maximum Gasteiger partial charge on any atom is 0.0997 e. The molecule has 2 N–H and O–H groups in total. The topological polar surface area (TPSA) is 56.7 Å². The molecule has 0 saturated heterocycles. The van der Waals surface area contributed by atoms with E-state index in [-0.39, 0.29) is 0 Å². The third-order valence-corrected chi connectivity index (χ3v) is 3.50. The summed E-state index contributed by atoms with van der Waals surface area (Å²) in [6.45, 7) is 1.20.